The second kappa shape index (κ2) is 4.01. The Hall–Kier alpha value is -1.16. The third-order valence-corrected chi connectivity index (χ3v) is 1.73. The van der Waals surface area contributed by atoms with Gasteiger partial charge >= 0.3 is 0 Å². The summed E-state index contributed by atoms with van der Waals surface area (Å²) in [6.07, 6.45) is 3.96. The zero-order valence-corrected chi connectivity index (χ0v) is 7.46. The highest BCUT2D eigenvalue weighted by atomic mass is 15.3. The molecule has 0 spiro atoms. The molecule has 1 aromatic rings. The predicted molar refractivity (Wildman–Crippen MR) is 48.6 cm³/mol. The summed E-state index contributed by atoms with van der Waals surface area (Å²) < 4.78 is 0. The summed E-state index contributed by atoms with van der Waals surface area (Å²) in [4.78, 5) is 8.19. The van der Waals surface area contributed by atoms with Crippen LogP contribution in [0.15, 0.2) is 6.20 Å². The van der Waals surface area contributed by atoms with Crippen LogP contribution in [0.5, 0.6) is 0 Å². The van der Waals surface area contributed by atoms with Crippen LogP contribution in [0.1, 0.15) is 24.6 Å². The van der Waals surface area contributed by atoms with Crippen molar-refractivity contribution < 1.29 is 0 Å². The number of nitrogens with two attached hydrogens (primary N) is 1. The molecule has 66 valence electrons. The molecule has 1 heterocycles. The molecule has 0 atom stereocenters. The van der Waals surface area contributed by atoms with Gasteiger partial charge in [-0.15, -0.1) is 0 Å². The van der Waals surface area contributed by atoms with E-state index in [2.05, 4.69) is 22.3 Å². The Balaban J connectivity index is 2.87. The Morgan fingerprint density at radius 2 is 2.33 bits per heavy atom. The predicted octanol–water partition coefficient (Wildman–Crippen LogP) is 1.02. The van der Waals surface area contributed by atoms with Crippen molar-refractivity contribution in [3.63, 3.8) is 0 Å². The zero-order valence-electron chi connectivity index (χ0n) is 7.46. The van der Waals surface area contributed by atoms with E-state index in [1.54, 1.807) is 0 Å². The molecule has 0 aromatic carbocycles. The van der Waals surface area contributed by atoms with Crippen molar-refractivity contribution in [2.24, 2.45) is 5.84 Å². The largest absolute Gasteiger partial charge is 0.292 e. The second-order valence-corrected chi connectivity index (χ2v) is 2.70. The normalized spacial score (nSPS) is 9.92. The van der Waals surface area contributed by atoms with Crippen molar-refractivity contribution in [2.75, 3.05) is 5.43 Å². The molecule has 0 saturated carbocycles. The van der Waals surface area contributed by atoms with Gasteiger partial charge in [-0.05, 0) is 18.9 Å². The fourth-order valence-corrected chi connectivity index (χ4v) is 1.08. The van der Waals surface area contributed by atoms with Gasteiger partial charge in [-0.3, -0.25) is 5.43 Å². The number of aryl methyl sites for hydroxylation is 2. The maximum absolute atomic E-state index is 5.17. The molecule has 0 saturated heterocycles. The molecular formula is C8H14N4. The summed E-state index contributed by atoms with van der Waals surface area (Å²) in [5.74, 6) is 5.65. The standard InChI is InChI=1S/C8H14N4/c1-3-4-7-5-10-8(12-9)11-6(7)2/h5H,3-4,9H2,1-2H3,(H,10,11,12). The molecule has 0 aliphatic heterocycles. The lowest BCUT2D eigenvalue weighted by molar-refractivity contribution is 0.882. The summed E-state index contributed by atoms with van der Waals surface area (Å²) >= 11 is 0. The first kappa shape index (κ1) is 8.93. The number of aromatic nitrogens is 2. The lowest BCUT2D eigenvalue weighted by Gasteiger charge is -2.04. The highest BCUT2D eigenvalue weighted by Crippen LogP contribution is 2.07. The maximum Gasteiger partial charge on any atom is 0.237 e. The summed E-state index contributed by atoms with van der Waals surface area (Å²) in [5, 5.41) is 0. The van der Waals surface area contributed by atoms with E-state index < -0.39 is 0 Å². The number of anilines is 1. The molecule has 0 fully saturated rings. The number of rotatable bonds is 3. The van der Waals surface area contributed by atoms with Gasteiger partial charge < -0.3 is 0 Å². The Morgan fingerprint density at radius 1 is 1.58 bits per heavy atom. The first-order valence-electron chi connectivity index (χ1n) is 4.07. The first-order valence-corrected chi connectivity index (χ1v) is 4.07. The summed E-state index contributed by atoms with van der Waals surface area (Å²) in [6.45, 7) is 4.10. The number of nitrogen functional groups attached to an aromatic ring is 1. The van der Waals surface area contributed by atoms with Crippen LogP contribution in [0.25, 0.3) is 0 Å². The third kappa shape index (κ3) is 1.92. The molecule has 4 nitrogen and oxygen atoms in total. The quantitative estimate of drug-likeness (QED) is 0.520. The maximum atomic E-state index is 5.17. The fourth-order valence-electron chi connectivity index (χ4n) is 1.08. The smallest absolute Gasteiger partial charge is 0.237 e. The minimum Gasteiger partial charge on any atom is -0.292 e. The number of nitrogens with one attached hydrogen (secondary N) is 1. The van der Waals surface area contributed by atoms with E-state index in [0.29, 0.717) is 5.95 Å². The van der Waals surface area contributed by atoms with Gasteiger partial charge in [0.05, 0.1) is 0 Å². The molecule has 0 amide bonds. The minimum atomic E-state index is 0.479. The number of hydrogen-bond acceptors (Lipinski definition) is 4. The molecule has 12 heavy (non-hydrogen) atoms. The Morgan fingerprint density at radius 3 is 2.83 bits per heavy atom. The van der Waals surface area contributed by atoms with Gasteiger partial charge in [-0.25, -0.2) is 15.8 Å². The van der Waals surface area contributed by atoms with Crippen LogP contribution >= 0.6 is 0 Å². The molecule has 0 aliphatic rings. The molecule has 0 unspecified atom stereocenters. The van der Waals surface area contributed by atoms with Crippen LogP contribution in [-0.2, 0) is 6.42 Å². The third-order valence-electron chi connectivity index (χ3n) is 1.73. The zero-order chi connectivity index (χ0) is 8.97. The van der Waals surface area contributed by atoms with Crippen LogP contribution in [0.4, 0.5) is 5.95 Å². The molecule has 3 N–H and O–H groups in total. The lowest BCUT2D eigenvalue weighted by atomic mass is 10.1. The van der Waals surface area contributed by atoms with Crippen molar-refractivity contribution in [3.05, 3.63) is 17.5 Å². The van der Waals surface area contributed by atoms with E-state index in [9.17, 15) is 0 Å². The molecule has 0 bridgehead atoms. The molecule has 4 heteroatoms. The summed E-state index contributed by atoms with van der Waals surface area (Å²) in [5.41, 5.74) is 4.61. The van der Waals surface area contributed by atoms with Crippen LogP contribution in [0.2, 0.25) is 0 Å². The van der Waals surface area contributed by atoms with Crippen molar-refractivity contribution >= 4 is 5.95 Å². The first-order chi connectivity index (χ1) is 5.77. The van der Waals surface area contributed by atoms with Crippen molar-refractivity contribution in [1.82, 2.24) is 9.97 Å². The highest BCUT2D eigenvalue weighted by molar-refractivity contribution is 5.27. The lowest BCUT2D eigenvalue weighted by Crippen LogP contribution is -2.11. The van der Waals surface area contributed by atoms with Crippen molar-refractivity contribution in [2.45, 2.75) is 26.7 Å². The van der Waals surface area contributed by atoms with E-state index >= 15 is 0 Å². The van der Waals surface area contributed by atoms with E-state index in [1.165, 1.54) is 5.56 Å². The number of nitrogens with zero attached hydrogens (tertiary/aromatic N) is 2. The van der Waals surface area contributed by atoms with E-state index in [4.69, 9.17) is 5.84 Å². The molecule has 0 aliphatic carbocycles. The van der Waals surface area contributed by atoms with Gasteiger partial charge in [0.2, 0.25) is 5.95 Å². The van der Waals surface area contributed by atoms with E-state index in [-0.39, 0.29) is 0 Å². The molecular weight excluding hydrogens is 152 g/mol. The number of hydrazine groups is 1. The van der Waals surface area contributed by atoms with Crippen LogP contribution in [0.3, 0.4) is 0 Å². The summed E-state index contributed by atoms with van der Waals surface area (Å²) in [6, 6.07) is 0. The van der Waals surface area contributed by atoms with Gasteiger partial charge in [0, 0.05) is 11.9 Å². The van der Waals surface area contributed by atoms with Gasteiger partial charge in [0.1, 0.15) is 0 Å². The van der Waals surface area contributed by atoms with Gasteiger partial charge in [-0.1, -0.05) is 13.3 Å². The van der Waals surface area contributed by atoms with Crippen molar-refractivity contribution in [3.8, 4) is 0 Å². The van der Waals surface area contributed by atoms with Crippen molar-refractivity contribution in [1.29, 1.82) is 0 Å². The fraction of sp³-hybridized carbons (Fsp3) is 0.500. The van der Waals surface area contributed by atoms with Gasteiger partial charge in [0.15, 0.2) is 0 Å². The molecule has 1 aromatic heterocycles. The average Bonchev–Trinajstić information content (AvgIpc) is 2.09. The monoisotopic (exact) mass is 166 g/mol. The van der Waals surface area contributed by atoms with Crippen LogP contribution in [-0.4, -0.2) is 9.97 Å². The highest BCUT2D eigenvalue weighted by Gasteiger charge is 2.00. The molecule has 0 radical (unpaired) electrons. The van der Waals surface area contributed by atoms with Crippen LogP contribution < -0.4 is 11.3 Å². The number of hydrogen-bond donors (Lipinski definition) is 2. The Bertz CT molecular complexity index is 259. The minimum absolute atomic E-state index is 0.479. The summed E-state index contributed by atoms with van der Waals surface area (Å²) in [7, 11) is 0. The van der Waals surface area contributed by atoms with Crippen LogP contribution in [0, 0.1) is 6.92 Å². The topological polar surface area (TPSA) is 63.8 Å². The van der Waals surface area contributed by atoms with Gasteiger partial charge in [-0.2, -0.15) is 0 Å². The SMILES string of the molecule is CCCc1cnc(NN)nc1C. The average molecular weight is 166 g/mol. The second-order valence-electron chi connectivity index (χ2n) is 2.70. The van der Waals surface area contributed by atoms with Gasteiger partial charge in [0.25, 0.3) is 0 Å². The van der Waals surface area contributed by atoms with E-state index in [0.717, 1.165) is 18.5 Å². The molecule has 1 rings (SSSR count). The Labute approximate surface area is 72.2 Å². The van der Waals surface area contributed by atoms with E-state index in [1.807, 2.05) is 13.1 Å². The Kier molecular flexibility index (Phi) is 2.99.